The van der Waals surface area contributed by atoms with E-state index in [1.54, 1.807) is 12.1 Å². The van der Waals surface area contributed by atoms with E-state index in [-0.39, 0.29) is 5.75 Å². The van der Waals surface area contributed by atoms with E-state index in [0.717, 1.165) is 12.1 Å². The summed E-state index contributed by atoms with van der Waals surface area (Å²) in [5, 5.41) is 0.455. The van der Waals surface area contributed by atoms with Crippen molar-refractivity contribution in [2.45, 2.75) is 12.3 Å². The Labute approximate surface area is 135 Å². The molecule has 0 aliphatic heterocycles. The molecule has 122 valence electrons. The number of methoxy groups -OCH3 is 1. The van der Waals surface area contributed by atoms with Crippen LogP contribution in [0.3, 0.4) is 0 Å². The molecule has 2 rings (SSSR count). The van der Waals surface area contributed by atoms with Gasteiger partial charge in [0.05, 0.1) is 12.7 Å². The molecule has 1 atom stereocenters. The number of hydrogen-bond acceptors (Lipinski definition) is 3. The van der Waals surface area contributed by atoms with Crippen LogP contribution in [0.15, 0.2) is 48.5 Å². The second-order valence-electron chi connectivity index (χ2n) is 4.60. The van der Waals surface area contributed by atoms with Gasteiger partial charge in [-0.2, -0.15) is 13.2 Å². The molecule has 0 N–H and O–H groups in total. The van der Waals surface area contributed by atoms with E-state index in [0.29, 0.717) is 10.6 Å². The van der Waals surface area contributed by atoms with Gasteiger partial charge in [0, 0.05) is 10.6 Å². The normalized spacial score (nSPS) is 12.6. The van der Waals surface area contributed by atoms with Crippen LogP contribution in [0.2, 0.25) is 5.02 Å². The van der Waals surface area contributed by atoms with Crippen molar-refractivity contribution >= 4 is 17.6 Å². The fourth-order valence-electron chi connectivity index (χ4n) is 1.88. The molecule has 0 amide bonds. The molecule has 0 radical (unpaired) electrons. The smallest absolute Gasteiger partial charge is 0.416 e. The van der Waals surface area contributed by atoms with E-state index < -0.39 is 23.8 Å². The third-order valence-corrected chi connectivity index (χ3v) is 3.26. The lowest BCUT2D eigenvalue weighted by molar-refractivity contribution is -0.149. The van der Waals surface area contributed by atoms with Crippen LogP contribution in [0.4, 0.5) is 13.2 Å². The minimum absolute atomic E-state index is 0.0924. The van der Waals surface area contributed by atoms with Crippen molar-refractivity contribution in [3.8, 4) is 5.75 Å². The molecule has 0 aliphatic carbocycles. The molecule has 2 aromatic carbocycles. The number of benzene rings is 2. The first kappa shape index (κ1) is 17.1. The Morgan fingerprint density at radius 2 is 1.78 bits per heavy atom. The average molecular weight is 345 g/mol. The molecule has 3 nitrogen and oxygen atoms in total. The summed E-state index contributed by atoms with van der Waals surface area (Å²) in [5.74, 6) is -0.824. The van der Waals surface area contributed by atoms with Crippen LogP contribution in [0, 0.1) is 0 Å². The quantitative estimate of drug-likeness (QED) is 0.757. The minimum Gasteiger partial charge on any atom is -0.474 e. The number of halogens is 4. The molecular weight excluding hydrogens is 333 g/mol. The lowest BCUT2D eigenvalue weighted by Gasteiger charge is -2.18. The maximum atomic E-state index is 12.7. The first-order chi connectivity index (χ1) is 10.8. The van der Waals surface area contributed by atoms with Gasteiger partial charge in [-0.05, 0) is 30.3 Å². The molecule has 0 fully saturated rings. The number of alkyl halides is 3. The summed E-state index contributed by atoms with van der Waals surface area (Å²) in [6.45, 7) is 0. The second kappa shape index (κ2) is 6.91. The van der Waals surface area contributed by atoms with Crippen molar-refractivity contribution in [1.82, 2.24) is 0 Å². The van der Waals surface area contributed by atoms with E-state index in [1.165, 1.54) is 31.4 Å². The van der Waals surface area contributed by atoms with Gasteiger partial charge in [0.2, 0.25) is 6.10 Å². The van der Waals surface area contributed by atoms with E-state index in [2.05, 4.69) is 4.74 Å². The molecule has 7 heteroatoms. The van der Waals surface area contributed by atoms with E-state index in [1.807, 2.05) is 0 Å². The molecule has 0 aliphatic rings. The van der Waals surface area contributed by atoms with Crippen LogP contribution < -0.4 is 4.74 Å². The molecule has 2 aromatic rings. The molecule has 0 bridgehead atoms. The number of carbonyl (C=O) groups is 1. The Kier molecular flexibility index (Phi) is 5.15. The predicted octanol–water partition coefficient (Wildman–Crippen LogP) is 4.65. The van der Waals surface area contributed by atoms with Gasteiger partial charge in [-0.3, -0.25) is 0 Å². The topological polar surface area (TPSA) is 35.5 Å². The molecule has 0 saturated heterocycles. The second-order valence-corrected chi connectivity index (χ2v) is 5.03. The third kappa shape index (κ3) is 4.39. The fraction of sp³-hybridized carbons (Fsp3) is 0.188. The van der Waals surface area contributed by atoms with Gasteiger partial charge in [0.1, 0.15) is 5.75 Å². The largest absolute Gasteiger partial charge is 0.474 e. The first-order valence-corrected chi connectivity index (χ1v) is 6.86. The highest BCUT2D eigenvalue weighted by molar-refractivity contribution is 6.30. The zero-order chi connectivity index (χ0) is 17.0. The monoisotopic (exact) mass is 344 g/mol. The van der Waals surface area contributed by atoms with Crippen molar-refractivity contribution in [3.05, 3.63) is 64.7 Å². The Morgan fingerprint density at radius 3 is 2.35 bits per heavy atom. The molecule has 0 unspecified atom stereocenters. The Bertz CT molecular complexity index is 684. The van der Waals surface area contributed by atoms with Crippen LogP contribution in [0.5, 0.6) is 5.75 Å². The zero-order valence-corrected chi connectivity index (χ0v) is 12.7. The molecule has 23 heavy (non-hydrogen) atoms. The molecule has 0 spiro atoms. The Hall–Kier alpha value is -2.21. The number of rotatable bonds is 4. The van der Waals surface area contributed by atoms with Crippen molar-refractivity contribution in [1.29, 1.82) is 0 Å². The Balaban J connectivity index is 2.32. The van der Waals surface area contributed by atoms with Gasteiger partial charge >= 0.3 is 12.1 Å². The molecule has 0 aromatic heterocycles. The van der Waals surface area contributed by atoms with Crippen LogP contribution in [0.25, 0.3) is 0 Å². The summed E-state index contributed by atoms with van der Waals surface area (Å²) in [6.07, 6.45) is -5.69. The Morgan fingerprint density at radius 1 is 1.13 bits per heavy atom. The van der Waals surface area contributed by atoms with Gasteiger partial charge in [0.15, 0.2) is 0 Å². The van der Waals surface area contributed by atoms with Gasteiger partial charge < -0.3 is 9.47 Å². The van der Waals surface area contributed by atoms with Crippen LogP contribution in [0.1, 0.15) is 17.2 Å². The summed E-state index contributed by atoms with van der Waals surface area (Å²) in [7, 11) is 1.17. The van der Waals surface area contributed by atoms with Crippen molar-refractivity contribution in [2.75, 3.05) is 7.11 Å². The number of ether oxygens (including phenoxy) is 2. The number of hydrogen-bond donors (Lipinski definition) is 0. The molecule has 0 saturated carbocycles. The first-order valence-electron chi connectivity index (χ1n) is 6.48. The highest BCUT2D eigenvalue weighted by Crippen LogP contribution is 2.33. The minimum atomic E-state index is -4.50. The summed E-state index contributed by atoms with van der Waals surface area (Å²) >= 11 is 5.78. The summed E-state index contributed by atoms with van der Waals surface area (Å²) in [4.78, 5) is 11.9. The molecular formula is C16H12ClF3O3. The fourth-order valence-corrected chi connectivity index (χ4v) is 2.00. The van der Waals surface area contributed by atoms with Crippen LogP contribution in [-0.4, -0.2) is 13.1 Å². The standard InChI is InChI=1S/C16H12ClF3O3/c1-22-15(21)14(10-5-7-12(17)8-6-10)23-13-4-2-3-11(9-13)16(18,19)20/h2-9,14H,1H3/t14-/m0/s1. The summed E-state index contributed by atoms with van der Waals surface area (Å²) < 4.78 is 48.3. The predicted molar refractivity (Wildman–Crippen MR) is 78.3 cm³/mol. The maximum absolute atomic E-state index is 12.7. The highest BCUT2D eigenvalue weighted by Gasteiger charge is 2.31. The van der Waals surface area contributed by atoms with Gasteiger partial charge in [-0.1, -0.05) is 29.8 Å². The third-order valence-electron chi connectivity index (χ3n) is 3.00. The van der Waals surface area contributed by atoms with Gasteiger partial charge in [-0.25, -0.2) is 4.79 Å². The van der Waals surface area contributed by atoms with Crippen LogP contribution in [-0.2, 0) is 15.7 Å². The van der Waals surface area contributed by atoms with Crippen molar-refractivity contribution in [2.24, 2.45) is 0 Å². The highest BCUT2D eigenvalue weighted by atomic mass is 35.5. The van der Waals surface area contributed by atoms with E-state index in [4.69, 9.17) is 16.3 Å². The van der Waals surface area contributed by atoms with Crippen molar-refractivity contribution in [3.63, 3.8) is 0 Å². The van der Waals surface area contributed by atoms with Crippen LogP contribution >= 0.6 is 11.6 Å². The summed E-state index contributed by atoms with van der Waals surface area (Å²) in [6, 6.07) is 10.4. The lowest BCUT2D eigenvalue weighted by Crippen LogP contribution is -2.20. The zero-order valence-electron chi connectivity index (χ0n) is 11.9. The summed E-state index contributed by atoms with van der Waals surface area (Å²) in [5.41, 5.74) is -0.451. The average Bonchev–Trinajstić information content (AvgIpc) is 2.52. The maximum Gasteiger partial charge on any atom is 0.416 e. The SMILES string of the molecule is COC(=O)[C@@H](Oc1cccc(C(F)(F)F)c1)c1ccc(Cl)cc1. The van der Waals surface area contributed by atoms with E-state index in [9.17, 15) is 18.0 Å². The van der Waals surface area contributed by atoms with Gasteiger partial charge in [-0.15, -0.1) is 0 Å². The lowest BCUT2D eigenvalue weighted by atomic mass is 10.1. The number of esters is 1. The van der Waals surface area contributed by atoms with Crippen molar-refractivity contribution < 1.29 is 27.4 Å². The molecule has 0 heterocycles. The van der Waals surface area contributed by atoms with E-state index >= 15 is 0 Å². The number of carbonyl (C=O) groups excluding carboxylic acids is 1. The van der Waals surface area contributed by atoms with Gasteiger partial charge in [0.25, 0.3) is 0 Å².